The summed E-state index contributed by atoms with van der Waals surface area (Å²) >= 11 is 0. The molecule has 3 heterocycles. The summed E-state index contributed by atoms with van der Waals surface area (Å²) in [5.41, 5.74) is 9.95. The third-order valence-electron chi connectivity index (χ3n) is 10.2. The summed E-state index contributed by atoms with van der Waals surface area (Å²) in [5, 5.41) is 12.9. The van der Waals surface area contributed by atoms with Crippen molar-refractivity contribution in [2.24, 2.45) is 0 Å². The summed E-state index contributed by atoms with van der Waals surface area (Å²) in [6.45, 7) is 0. The lowest BCUT2D eigenvalue weighted by molar-refractivity contribution is 1.19. The molecule has 0 saturated heterocycles. The third kappa shape index (κ3) is 3.10. The van der Waals surface area contributed by atoms with Gasteiger partial charge in [0.25, 0.3) is 0 Å². The average Bonchev–Trinajstić information content (AvgIpc) is 3.76. The number of benzene rings is 8. The second-order valence-electron chi connectivity index (χ2n) is 12.6. The van der Waals surface area contributed by atoms with Crippen LogP contribution in [0.4, 0.5) is 0 Å². The predicted molar refractivity (Wildman–Crippen MR) is 196 cm³/mol. The fraction of sp³-hybridized carbons (Fsp3) is 0. The zero-order valence-corrected chi connectivity index (χ0v) is 24.9. The van der Waals surface area contributed by atoms with Crippen LogP contribution in [0, 0.1) is 0 Å². The molecule has 0 unspecified atom stereocenters. The van der Waals surface area contributed by atoms with E-state index in [2.05, 4.69) is 167 Å². The van der Waals surface area contributed by atoms with Crippen molar-refractivity contribution in [1.82, 2.24) is 8.97 Å². The Morgan fingerprint density at radius 1 is 0.304 bits per heavy atom. The number of rotatable bonds is 2. The molecule has 0 spiro atoms. The second kappa shape index (κ2) is 8.74. The highest BCUT2D eigenvalue weighted by Gasteiger charge is 2.19. The molecule has 3 aromatic heterocycles. The van der Waals surface area contributed by atoms with E-state index in [1.165, 1.54) is 98.3 Å². The predicted octanol–water partition coefficient (Wildman–Crippen LogP) is 11.9. The summed E-state index contributed by atoms with van der Waals surface area (Å²) < 4.78 is 4.87. The minimum absolute atomic E-state index is 1.18. The van der Waals surface area contributed by atoms with Gasteiger partial charge in [0, 0.05) is 38.0 Å². The van der Waals surface area contributed by atoms with Crippen molar-refractivity contribution < 1.29 is 0 Å². The van der Waals surface area contributed by atoms with E-state index in [9.17, 15) is 0 Å². The zero-order chi connectivity index (χ0) is 29.9. The van der Waals surface area contributed by atoms with Crippen LogP contribution in [0.25, 0.3) is 98.3 Å². The Balaban J connectivity index is 1.16. The molecule has 0 amide bonds. The molecular formula is C44H26N2. The highest BCUT2D eigenvalue weighted by Crippen LogP contribution is 2.43. The number of hydrogen-bond acceptors (Lipinski definition) is 0. The molecule has 0 aliphatic rings. The van der Waals surface area contributed by atoms with Gasteiger partial charge in [-0.05, 0) is 87.3 Å². The fourth-order valence-electron chi connectivity index (χ4n) is 8.19. The van der Waals surface area contributed by atoms with E-state index in [1.807, 2.05) is 0 Å². The summed E-state index contributed by atoms with van der Waals surface area (Å²) in [6, 6.07) is 58.3. The molecule has 0 radical (unpaired) electrons. The van der Waals surface area contributed by atoms with Gasteiger partial charge in [-0.25, -0.2) is 0 Å². The Morgan fingerprint density at radius 2 is 0.848 bits per heavy atom. The first-order valence-electron chi connectivity index (χ1n) is 15.9. The minimum Gasteiger partial charge on any atom is -0.309 e. The van der Waals surface area contributed by atoms with Crippen molar-refractivity contribution in [2.75, 3.05) is 0 Å². The van der Waals surface area contributed by atoms with Crippen molar-refractivity contribution >= 4 is 81.4 Å². The van der Waals surface area contributed by atoms with Crippen LogP contribution < -0.4 is 0 Å². The van der Waals surface area contributed by atoms with Crippen LogP contribution in [-0.4, -0.2) is 8.97 Å². The molecule has 0 aliphatic heterocycles. The van der Waals surface area contributed by atoms with E-state index in [1.54, 1.807) is 0 Å². The number of fused-ring (bicyclic) bond motifs is 12. The number of nitrogens with zero attached hydrogens (tertiary/aromatic N) is 2. The first-order chi connectivity index (χ1) is 22.8. The molecule has 2 nitrogen and oxygen atoms in total. The molecule has 2 heteroatoms. The third-order valence-corrected chi connectivity index (χ3v) is 10.2. The summed E-state index contributed by atoms with van der Waals surface area (Å²) in [5.74, 6) is 0. The maximum Gasteiger partial charge on any atom is 0.0620 e. The van der Waals surface area contributed by atoms with Crippen LogP contribution in [0.1, 0.15) is 0 Å². The van der Waals surface area contributed by atoms with Crippen LogP contribution in [-0.2, 0) is 0 Å². The van der Waals surface area contributed by atoms with Crippen LogP contribution in [0.5, 0.6) is 0 Å². The largest absolute Gasteiger partial charge is 0.309 e. The fourth-order valence-corrected chi connectivity index (χ4v) is 8.19. The molecule has 46 heavy (non-hydrogen) atoms. The van der Waals surface area contributed by atoms with Gasteiger partial charge in [-0.1, -0.05) is 103 Å². The Hall–Kier alpha value is -6.12. The number of hydrogen-bond donors (Lipinski definition) is 0. The summed E-state index contributed by atoms with van der Waals surface area (Å²) in [7, 11) is 0. The molecule has 0 atom stereocenters. The average molecular weight is 583 g/mol. The molecule has 0 N–H and O–H groups in total. The van der Waals surface area contributed by atoms with E-state index in [0.29, 0.717) is 0 Å². The van der Waals surface area contributed by atoms with Crippen molar-refractivity contribution in [3.8, 4) is 16.8 Å². The van der Waals surface area contributed by atoms with Crippen LogP contribution in [0.2, 0.25) is 0 Å². The lowest BCUT2D eigenvalue weighted by atomic mass is 9.98. The molecule has 0 aliphatic carbocycles. The van der Waals surface area contributed by atoms with Crippen molar-refractivity contribution in [3.05, 3.63) is 158 Å². The summed E-state index contributed by atoms with van der Waals surface area (Å²) in [6.07, 6.45) is 0. The quantitative estimate of drug-likeness (QED) is 0.179. The number of para-hydroxylation sites is 3. The van der Waals surface area contributed by atoms with Crippen molar-refractivity contribution in [2.45, 2.75) is 0 Å². The van der Waals surface area contributed by atoms with Crippen LogP contribution >= 0.6 is 0 Å². The highest BCUT2D eigenvalue weighted by atomic mass is 15.0. The molecule has 0 fully saturated rings. The molecule has 8 aromatic carbocycles. The highest BCUT2D eigenvalue weighted by molar-refractivity contribution is 6.24. The molecule has 0 bridgehead atoms. The zero-order valence-electron chi connectivity index (χ0n) is 24.9. The van der Waals surface area contributed by atoms with Gasteiger partial charge in [-0.2, -0.15) is 0 Å². The van der Waals surface area contributed by atoms with Gasteiger partial charge in [0.05, 0.1) is 27.6 Å². The van der Waals surface area contributed by atoms with Gasteiger partial charge >= 0.3 is 0 Å². The van der Waals surface area contributed by atoms with Gasteiger partial charge in [0.1, 0.15) is 0 Å². The normalized spacial score (nSPS) is 12.3. The maximum atomic E-state index is 2.45. The van der Waals surface area contributed by atoms with Gasteiger partial charge in [-0.15, -0.1) is 0 Å². The Bertz CT molecular complexity index is 2940. The van der Waals surface area contributed by atoms with E-state index < -0.39 is 0 Å². The first-order valence-corrected chi connectivity index (χ1v) is 15.9. The van der Waals surface area contributed by atoms with Crippen molar-refractivity contribution in [1.29, 1.82) is 0 Å². The maximum absolute atomic E-state index is 2.45. The lowest BCUT2D eigenvalue weighted by Crippen LogP contribution is -1.94. The smallest absolute Gasteiger partial charge is 0.0620 e. The van der Waals surface area contributed by atoms with Gasteiger partial charge in [0.15, 0.2) is 0 Å². The van der Waals surface area contributed by atoms with Gasteiger partial charge in [-0.3, -0.25) is 0 Å². The monoisotopic (exact) mass is 582 g/mol. The molecule has 11 aromatic rings. The Morgan fingerprint density at radius 3 is 1.59 bits per heavy atom. The van der Waals surface area contributed by atoms with E-state index in [4.69, 9.17) is 0 Å². The van der Waals surface area contributed by atoms with E-state index in [-0.39, 0.29) is 0 Å². The summed E-state index contributed by atoms with van der Waals surface area (Å²) in [4.78, 5) is 0. The van der Waals surface area contributed by atoms with E-state index >= 15 is 0 Å². The first kappa shape index (κ1) is 24.2. The molecule has 0 saturated carbocycles. The van der Waals surface area contributed by atoms with E-state index in [0.717, 1.165) is 0 Å². The van der Waals surface area contributed by atoms with Gasteiger partial charge < -0.3 is 8.97 Å². The standard InChI is InChI=1S/C44H26N2/c1-2-10-32-27(9-1)17-18-29-23-31(20-21-33(29)32)45-40-14-6-3-11-34(40)37-24-28(19-22-43(37)45)30-25-38-35-12-4-7-15-41(35)46-42-16-8-5-13-36(42)39(26-30)44(38)46/h1-26H. The lowest BCUT2D eigenvalue weighted by Gasteiger charge is -2.11. The van der Waals surface area contributed by atoms with Crippen LogP contribution in [0.15, 0.2) is 158 Å². The second-order valence-corrected chi connectivity index (χ2v) is 12.6. The number of aromatic nitrogens is 2. The minimum atomic E-state index is 1.18. The Labute approximate surface area is 264 Å². The van der Waals surface area contributed by atoms with Crippen LogP contribution in [0.3, 0.4) is 0 Å². The molecular weight excluding hydrogens is 556 g/mol. The molecule has 11 rings (SSSR count). The van der Waals surface area contributed by atoms with Crippen molar-refractivity contribution in [3.63, 3.8) is 0 Å². The van der Waals surface area contributed by atoms with Gasteiger partial charge in [0.2, 0.25) is 0 Å². The Kier molecular flexibility index (Phi) is 4.61. The topological polar surface area (TPSA) is 9.34 Å². The SMILES string of the molecule is c1ccc2c(c1)ccc1cc(-n3c4ccccc4c4cc(-c5cc6c7ccccc7n7c8ccccc8c(c5)c67)ccc43)ccc12. The molecule has 212 valence electrons.